The van der Waals surface area contributed by atoms with Crippen LogP contribution in [0.15, 0.2) is 12.4 Å². The standard InChI is InChI=1S/C13H22ClN3O2/c1-4-15-13(2,12(18)19-3)7-5-6-8-17-10-11(14)9-16-17/h9-10,15H,4-8H2,1-3H3. The number of carbonyl (C=O) groups excluding carboxylic acids is 1. The number of ether oxygens (including phenoxy) is 1. The number of nitrogens with one attached hydrogen (secondary N) is 1. The van der Waals surface area contributed by atoms with E-state index in [1.54, 1.807) is 12.4 Å². The van der Waals surface area contributed by atoms with Gasteiger partial charge in [-0.1, -0.05) is 18.5 Å². The SMILES string of the molecule is CCNC(C)(CCCCn1cc(Cl)cn1)C(=O)OC. The maximum Gasteiger partial charge on any atom is 0.325 e. The molecule has 0 fully saturated rings. The Bertz CT molecular complexity index is 408. The molecule has 1 N–H and O–H groups in total. The third kappa shape index (κ3) is 4.84. The molecule has 0 amide bonds. The monoisotopic (exact) mass is 287 g/mol. The van der Waals surface area contributed by atoms with Crippen LogP contribution in [0.5, 0.6) is 0 Å². The second kappa shape index (κ2) is 7.50. The molecule has 1 heterocycles. The van der Waals surface area contributed by atoms with Crippen LogP contribution >= 0.6 is 11.6 Å². The molecule has 0 saturated carbocycles. The lowest BCUT2D eigenvalue weighted by Crippen LogP contribution is -2.50. The smallest absolute Gasteiger partial charge is 0.325 e. The fourth-order valence-corrected chi connectivity index (χ4v) is 2.25. The Kier molecular flexibility index (Phi) is 6.31. The zero-order chi connectivity index (χ0) is 14.3. The van der Waals surface area contributed by atoms with E-state index in [0.717, 1.165) is 32.4 Å². The topological polar surface area (TPSA) is 56.2 Å². The molecule has 6 heteroatoms. The zero-order valence-corrected chi connectivity index (χ0v) is 12.5. The number of rotatable bonds is 8. The fourth-order valence-electron chi connectivity index (χ4n) is 2.09. The van der Waals surface area contributed by atoms with Crippen LogP contribution in [-0.4, -0.2) is 34.9 Å². The van der Waals surface area contributed by atoms with Crippen molar-refractivity contribution in [2.45, 2.75) is 45.2 Å². The van der Waals surface area contributed by atoms with Gasteiger partial charge in [0.1, 0.15) is 5.54 Å². The van der Waals surface area contributed by atoms with E-state index in [2.05, 4.69) is 10.4 Å². The third-order valence-corrected chi connectivity index (χ3v) is 3.31. The van der Waals surface area contributed by atoms with Gasteiger partial charge in [-0.2, -0.15) is 5.10 Å². The number of esters is 1. The molecule has 1 unspecified atom stereocenters. The van der Waals surface area contributed by atoms with Crippen LogP contribution in [0.1, 0.15) is 33.1 Å². The van der Waals surface area contributed by atoms with E-state index in [4.69, 9.17) is 16.3 Å². The number of unbranched alkanes of at least 4 members (excludes halogenated alkanes) is 1. The number of nitrogens with zero attached hydrogens (tertiary/aromatic N) is 2. The van der Waals surface area contributed by atoms with Crippen molar-refractivity contribution in [3.8, 4) is 0 Å². The lowest BCUT2D eigenvalue weighted by atomic mass is 9.95. The average Bonchev–Trinajstić information content (AvgIpc) is 2.80. The molecule has 1 aromatic heterocycles. The number of methoxy groups -OCH3 is 1. The summed E-state index contributed by atoms with van der Waals surface area (Å²) in [6.45, 7) is 5.40. The molecule has 0 aromatic carbocycles. The van der Waals surface area contributed by atoms with Crippen molar-refractivity contribution < 1.29 is 9.53 Å². The van der Waals surface area contributed by atoms with Gasteiger partial charge >= 0.3 is 5.97 Å². The normalized spacial score (nSPS) is 14.1. The molecule has 5 nitrogen and oxygen atoms in total. The highest BCUT2D eigenvalue weighted by Gasteiger charge is 2.32. The highest BCUT2D eigenvalue weighted by Crippen LogP contribution is 2.16. The van der Waals surface area contributed by atoms with Gasteiger partial charge in [0.05, 0.1) is 18.3 Å². The Balaban J connectivity index is 2.38. The predicted molar refractivity (Wildman–Crippen MR) is 75.2 cm³/mol. The Labute approximate surface area is 119 Å². The van der Waals surface area contributed by atoms with E-state index in [0.29, 0.717) is 5.02 Å². The first kappa shape index (κ1) is 16.0. The minimum absolute atomic E-state index is 0.212. The number of aromatic nitrogens is 2. The third-order valence-electron chi connectivity index (χ3n) is 3.12. The molecular formula is C13H22ClN3O2. The molecule has 19 heavy (non-hydrogen) atoms. The largest absolute Gasteiger partial charge is 0.468 e. The van der Waals surface area contributed by atoms with E-state index in [1.807, 2.05) is 18.5 Å². The minimum atomic E-state index is -0.606. The van der Waals surface area contributed by atoms with Crippen LogP contribution in [0, 0.1) is 0 Å². The average molecular weight is 288 g/mol. The first-order valence-electron chi connectivity index (χ1n) is 6.53. The van der Waals surface area contributed by atoms with Crippen molar-refractivity contribution >= 4 is 17.6 Å². The van der Waals surface area contributed by atoms with Crippen molar-refractivity contribution in [2.24, 2.45) is 0 Å². The summed E-state index contributed by atoms with van der Waals surface area (Å²) in [6.07, 6.45) is 6.01. The lowest BCUT2D eigenvalue weighted by molar-refractivity contribution is -0.148. The highest BCUT2D eigenvalue weighted by molar-refractivity contribution is 6.30. The van der Waals surface area contributed by atoms with Gasteiger partial charge in [0.25, 0.3) is 0 Å². The van der Waals surface area contributed by atoms with Crippen LogP contribution in [0.2, 0.25) is 5.02 Å². The van der Waals surface area contributed by atoms with Gasteiger partial charge in [0.15, 0.2) is 0 Å². The number of aryl methyl sites for hydroxylation is 1. The lowest BCUT2D eigenvalue weighted by Gasteiger charge is -2.27. The van der Waals surface area contributed by atoms with Gasteiger partial charge in [0.2, 0.25) is 0 Å². The number of likely N-dealkylation sites (N-methyl/N-ethyl adjacent to an activating group) is 1. The van der Waals surface area contributed by atoms with Gasteiger partial charge in [-0.05, 0) is 32.7 Å². The minimum Gasteiger partial charge on any atom is -0.468 e. The molecule has 0 spiro atoms. The molecule has 0 aliphatic heterocycles. The summed E-state index contributed by atoms with van der Waals surface area (Å²) in [6, 6.07) is 0. The van der Waals surface area contributed by atoms with E-state index in [9.17, 15) is 4.79 Å². The first-order valence-corrected chi connectivity index (χ1v) is 6.91. The molecule has 0 radical (unpaired) electrons. The number of carbonyl (C=O) groups is 1. The van der Waals surface area contributed by atoms with Crippen molar-refractivity contribution in [2.75, 3.05) is 13.7 Å². The molecule has 0 saturated heterocycles. The Hall–Kier alpha value is -1.07. The van der Waals surface area contributed by atoms with Crippen LogP contribution in [0.4, 0.5) is 0 Å². The molecule has 1 atom stereocenters. The molecule has 1 rings (SSSR count). The van der Waals surface area contributed by atoms with E-state index in [-0.39, 0.29) is 5.97 Å². The molecule has 0 aliphatic rings. The Morgan fingerprint density at radius 3 is 2.84 bits per heavy atom. The van der Waals surface area contributed by atoms with Gasteiger partial charge in [-0.15, -0.1) is 0 Å². The summed E-state index contributed by atoms with van der Waals surface area (Å²) in [5.41, 5.74) is -0.606. The maximum absolute atomic E-state index is 11.8. The van der Waals surface area contributed by atoms with Crippen molar-refractivity contribution in [1.29, 1.82) is 0 Å². The van der Waals surface area contributed by atoms with Gasteiger partial charge in [-0.3, -0.25) is 9.48 Å². The van der Waals surface area contributed by atoms with Crippen molar-refractivity contribution in [3.63, 3.8) is 0 Å². The quantitative estimate of drug-likeness (QED) is 0.588. The maximum atomic E-state index is 11.8. The second-order valence-corrected chi connectivity index (χ2v) is 5.17. The molecule has 0 aliphatic carbocycles. The molecule has 0 bridgehead atoms. The van der Waals surface area contributed by atoms with E-state index >= 15 is 0 Å². The molecular weight excluding hydrogens is 266 g/mol. The van der Waals surface area contributed by atoms with Crippen molar-refractivity contribution in [1.82, 2.24) is 15.1 Å². The summed E-state index contributed by atoms with van der Waals surface area (Å²) in [5.74, 6) is -0.212. The Morgan fingerprint density at radius 1 is 1.58 bits per heavy atom. The van der Waals surface area contributed by atoms with Crippen LogP contribution in [0.3, 0.4) is 0 Å². The van der Waals surface area contributed by atoms with E-state index < -0.39 is 5.54 Å². The predicted octanol–water partition coefficient (Wildman–Crippen LogP) is 2.25. The van der Waals surface area contributed by atoms with Gasteiger partial charge < -0.3 is 10.1 Å². The second-order valence-electron chi connectivity index (χ2n) is 4.73. The van der Waals surface area contributed by atoms with Crippen molar-refractivity contribution in [3.05, 3.63) is 17.4 Å². The van der Waals surface area contributed by atoms with Crippen LogP contribution < -0.4 is 5.32 Å². The first-order chi connectivity index (χ1) is 9.01. The fraction of sp³-hybridized carbons (Fsp3) is 0.692. The summed E-state index contributed by atoms with van der Waals surface area (Å²) in [5, 5.41) is 7.95. The number of halogens is 1. The molecule has 108 valence electrons. The summed E-state index contributed by atoms with van der Waals surface area (Å²) in [4.78, 5) is 11.8. The summed E-state index contributed by atoms with van der Waals surface area (Å²) >= 11 is 5.79. The van der Waals surface area contributed by atoms with Gasteiger partial charge in [0, 0.05) is 12.7 Å². The zero-order valence-electron chi connectivity index (χ0n) is 11.8. The van der Waals surface area contributed by atoms with Gasteiger partial charge in [-0.25, -0.2) is 0 Å². The number of hydrogen-bond acceptors (Lipinski definition) is 4. The Morgan fingerprint density at radius 2 is 2.32 bits per heavy atom. The van der Waals surface area contributed by atoms with Crippen LogP contribution in [-0.2, 0) is 16.1 Å². The van der Waals surface area contributed by atoms with E-state index in [1.165, 1.54) is 7.11 Å². The number of hydrogen-bond donors (Lipinski definition) is 1. The molecule has 1 aromatic rings. The summed E-state index contributed by atoms with van der Waals surface area (Å²) < 4.78 is 6.66. The highest BCUT2D eigenvalue weighted by atomic mass is 35.5. The summed E-state index contributed by atoms with van der Waals surface area (Å²) in [7, 11) is 1.42. The van der Waals surface area contributed by atoms with Crippen LogP contribution in [0.25, 0.3) is 0 Å².